The average molecular weight is 203 g/mol. The molecule has 1 unspecified atom stereocenters. The van der Waals surface area contributed by atoms with E-state index in [0.29, 0.717) is 0 Å². The van der Waals surface area contributed by atoms with Crippen molar-refractivity contribution in [2.45, 2.75) is 20.8 Å². The van der Waals surface area contributed by atoms with Gasteiger partial charge in [-0.25, -0.2) is 0 Å². The van der Waals surface area contributed by atoms with Gasteiger partial charge in [-0.05, 0) is 31.9 Å². The van der Waals surface area contributed by atoms with Crippen molar-refractivity contribution in [1.82, 2.24) is 0 Å². The summed E-state index contributed by atoms with van der Waals surface area (Å²) in [7, 11) is -2.07. The fraction of sp³-hybridized carbons (Fsp3) is 0.333. The Morgan fingerprint density at radius 1 is 1.17 bits per heavy atom. The van der Waals surface area contributed by atoms with Crippen LogP contribution in [0.15, 0.2) is 12.1 Å². The van der Waals surface area contributed by atoms with E-state index >= 15 is 0 Å². The Hall–Kier alpha value is -0.260. The van der Waals surface area contributed by atoms with Gasteiger partial charge in [-0.15, -0.1) is 0 Å². The molecular formula is C9H12ClOP. The van der Waals surface area contributed by atoms with Crippen molar-refractivity contribution in [1.29, 1.82) is 0 Å². The third kappa shape index (κ3) is 1.91. The van der Waals surface area contributed by atoms with Crippen molar-refractivity contribution >= 4 is 23.7 Å². The van der Waals surface area contributed by atoms with E-state index in [1.54, 1.807) is 0 Å². The van der Waals surface area contributed by atoms with E-state index in [1.807, 2.05) is 32.9 Å². The topological polar surface area (TPSA) is 17.1 Å². The molecule has 0 saturated carbocycles. The minimum Gasteiger partial charge on any atom is -0.305 e. The second kappa shape index (κ2) is 3.64. The number of benzene rings is 1. The first kappa shape index (κ1) is 9.83. The van der Waals surface area contributed by atoms with E-state index < -0.39 is 7.15 Å². The lowest BCUT2D eigenvalue weighted by atomic mass is 10.1. The van der Waals surface area contributed by atoms with Gasteiger partial charge in [0.2, 0.25) is 0 Å². The SMILES string of the molecule is Cc1cc(C)c([PH](=O)Cl)c(C)c1. The largest absolute Gasteiger partial charge is 0.305 e. The van der Waals surface area contributed by atoms with Gasteiger partial charge < -0.3 is 4.57 Å². The Morgan fingerprint density at radius 3 is 1.92 bits per heavy atom. The second-order valence-electron chi connectivity index (χ2n) is 3.05. The van der Waals surface area contributed by atoms with Crippen LogP contribution < -0.4 is 5.30 Å². The predicted octanol–water partition coefficient (Wildman–Crippen LogP) is 2.95. The van der Waals surface area contributed by atoms with E-state index in [4.69, 9.17) is 11.2 Å². The summed E-state index contributed by atoms with van der Waals surface area (Å²) in [6.45, 7) is 5.91. The molecule has 1 nitrogen and oxygen atoms in total. The molecule has 12 heavy (non-hydrogen) atoms. The molecule has 1 rings (SSSR count). The summed E-state index contributed by atoms with van der Waals surface area (Å²) in [6.07, 6.45) is 0. The van der Waals surface area contributed by atoms with Gasteiger partial charge in [-0.2, -0.15) is 0 Å². The van der Waals surface area contributed by atoms with Crippen LogP contribution in [-0.4, -0.2) is 0 Å². The van der Waals surface area contributed by atoms with Crippen LogP contribution in [0.25, 0.3) is 0 Å². The molecule has 0 heterocycles. The summed E-state index contributed by atoms with van der Waals surface area (Å²) < 4.78 is 11.1. The first-order valence-electron chi connectivity index (χ1n) is 3.80. The molecule has 0 aliphatic carbocycles. The minimum absolute atomic E-state index is 0.826. The van der Waals surface area contributed by atoms with Crippen LogP contribution in [0.2, 0.25) is 0 Å². The van der Waals surface area contributed by atoms with Crippen LogP contribution in [0, 0.1) is 20.8 Å². The van der Waals surface area contributed by atoms with Crippen molar-refractivity contribution < 1.29 is 4.57 Å². The zero-order valence-electron chi connectivity index (χ0n) is 7.44. The summed E-state index contributed by atoms with van der Waals surface area (Å²) in [4.78, 5) is 0. The van der Waals surface area contributed by atoms with Gasteiger partial charge in [-0.1, -0.05) is 28.9 Å². The molecule has 0 radical (unpaired) electrons. The standard InChI is InChI=1S/C9H12ClOP/c1-6-4-7(2)9(12(10)11)8(3)5-6/h4-5,12H,1-3H3. The highest BCUT2D eigenvalue weighted by atomic mass is 35.7. The van der Waals surface area contributed by atoms with Crippen molar-refractivity contribution in [3.8, 4) is 0 Å². The summed E-state index contributed by atoms with van der Waals surface area (Å²) in [6, 6.07) is 4.01. The number of hydrogen-bond donors (Lipinski definition) is 0. The maximum absolute atomic E-state index is 11.1. The van der Waals surface area contributed by atoms with Crippen LogP contribution in [0.3, 0.4) is 0 Å². The summed E-state index contributed by atoms with van der Waals surface area (Å²) in [5.74, 6) is 0. The second-order valence-corrected chi connectivity index (χ2v) is 5.12. The quantitative estimate of drug-likeness (QED) is 0.640. The summed E-state index contributed by atoms with van der Waals surface area (Å²) in [5, 5.41) is 0.826. The lowest BCUT2D eigenvalue weighted by Gasteiger charge is -2.06. The van der Waals surface area contributed by atoms with Gasteiger partial charge in [0.05, 0.1) is 0 Å². The van der Waals surface area contributed by atoms with Crippen LogP contribution in [0.1, 0.15) is 16.7 Å². The predicted molar refractivity (Wildman–Crippen MR) is 55.1 cm³/mol. The molecule has 0 aromatic heterocycles. The number of rotatable bonds is 1. The highest BCUT2D eigenvalue weighted by molar-refractivity contribution is 7.80. The highest BCUT2D eigenvalue weighted by Crippen LogP contribution is 2.29. The molecular weight excluding hydrogens is 191 g/mol. The zero-order valence-corrected chi connectivity index (χ0v) is 9.20. The molecule has 0 aliphatic rings. The Morgan fingerprint density at radius 2 is 1.58 bits per heavy atom. The maximum Gasteiger partial charge on any atom is 0.186 e. The van der Waals surface area contributed by atoms with Crippen LogP contribution >= 0.6 is 18.4 Å². The average Bonchev–Trinajstić information content (AvgIpc) is 1.82. The first-order valence-corrected chi connectivity index (χ1v) is 6.22. The normalized spacial score (nSPS) is 13.0. The first-order chi connectivity index (χ1) is 5.52. The molecule has 0 aliphatic heterocycles. The van der Waals surface area contributed by atoms with Gasteiger partial charge in [0.1, 0.15) is 0 Å². The van der Waals surface area contributed by atoms with Crippen molar-refractivity contribution in [3.63, 3.8) is 0 Å². The fourth-order valence-electron chi connectivity index (χ4n) is 1.49. The van der Waals surface area contributed by atoms with Gasteiger partial charge in [0.15, 0.2) is 7.15 Å². The monoisotopic (exact) mass is 202 g/mol. The van der Waals surface area contributed by atoms with E-state index in [1.165, 1.54) is 5.56 Å². The highest BCUT2D eigenvalue weighted by Gasteiger charge is 2.07. The van der Waals surface area contributed by atoms with Gasteiger partial charge in [0, 0.05) is 5.30 Å². The Kier molecular flexibility index (Phi) is 2.98. The van der Waals surface area contributed by atoms with Gasteiger partial charge in [-0.3, -0.25) is 0 Å². The number of aryl methyl sites for hydroxylation is 3. The molecule has 0 bridgehead atoms. The minimum atomic E-state index is -2.07. The Bertz CT molecular complexity index is 310. The smallest absolute Gasteiger partial charge is 0.186 e. The molecule has 0 amide bonds. The fourth-order valence-corrected chi connectivity index (χ4v) is 3.15. The lowest BCUT2D eigenvalue weighted by Crippen LogP contribution is -2.05. The lowest BCUT2D eigenvalue weighted by molar-refractivity contribution is 0.600. The van der Waals surface area contributed by atoms with E-state index in [2.05, 4.69) is 0 Å². The maximum atomic E-state index is 11.1. The van der Waals surface area contributed by atoms with E-state index in [0.717, 1.165) is 16.4 Å². The zero-order chi connectivity index (χ0) is 9.30. The summed E-state index contributed by atoms with van der Waals surface area (Å²) in [5.41, 5.74) is 3.26. The third-order valence-corrected chi connectivity index (χ3v) is 3.62. The Balaban J connectivity index is 3.38. The van der Waals surface area contributed by atoms with Crippen molar-refractivity contribution in [2.75, 3.05) is 0 Å². The number of hydrogen-bond acceptors (Lipinski definition) is 1. The molecule has 66 valence electrons. The molecule has 3 heteroatoms. The molecule has 1 aromatic carbocycles. The van der Waals surface area contributed by atoms with Gasteiger partial charge >= 0.3 is 0 Å². The van der Waals surface area contributed by atoms with Gasteiger partial charge in [0.25, 0.3) is 0 Å². The summed E-state index contributed by atoms with van der Waals surface area (Å²) >= 11 is 5.61. The van der Waals surface area contributed by atoms with Crippen molar-refractivity contribution in [2.24, 2.45) is 0 Å². The van der Waals surface area contributed by atoms with Crippen LogP contribution in [-0.2, 0) is 4.57 Å². The Labute approximate surface area is 78.3 Å². The molecule has 1 aromatic rings. The third-order valence-electron chi connectivity index (χ3n) is 1.87. The molecule has 0 fully saturated rings. The molecule has 0 saturated heterocycles. The molecule has 1 atom stereocenters. The molecule has 0 N–H and O–H groups in total. The van der Waals surface area contributed by atoms with Crippen LogP contribution in [0.5, 0.6) is 0 Å². The van der Waals surface area contributed by atoms with Crippen molar-refractivity contribution in [3.05, 3.63) is 28.8 Å². The number of halogens is 1. The van der Waals surface area contributed by atoms with E-state index in [9.17, 15) is 4.57 Å². The molecule has 0 spiro atoms. The van der Waals surface area contributed by atoms with Crippen LogP contribution in [0.4, 0.5) is 0 Å². The van der Waals surface area contributed by atoms with E-state index in [-0.39, 0.29) is 0 Å².